The number of benzene rings is 2. The van der Waals surface area contributed by atoms with Crippen LogP contribution in [0.2, 0.25) is 0 Å². The molecule has 5 nitrogen and oxygen atoms in total. The molecule has 4 aliphatic rings. The molecule has 6 heteroatoms. The molecule has 2 aliphatic carbocycles. The number of imidazole rings is 1. The second kappa shape index (κ2) is 7.93. The second-order valence-corrected chi connectivity index (χ2v) is 12.8. The van der Waals surface area contributed by atoms with Crippen LogP contribution in [0.3, 0.4) is 0 Å². The van der Waals surface area contributed by atoms with Crippen molar-refractivity contribution in [1.29, 1.82) is 0 Å². The number of nitrogens with zero attached hydrogens (tertiary/aromatic N) is 1. The fraction of sp³-hybridized carbons (Fsp3) is 0.567. The van der Waals surface area contributed by atoms with E-state index in [2.05, 4.69) is 68.3 Å². The highest BCUT2D eigenvalue weighted by molar-refractivity contribution is 6.62. The van der Waals surface area contributed by atoms with E-state index in [-0.39, 0.29) is 18.3 Å². The molecule has 188 valence electrons. The van der Waals surface area contributed by atoms with Crippen LogP contribution in [0.15, 0.2) is 30.3 Å². The summed E-state index contributed by atoms with van der Waals surface area (Å²) in [5.74, 6) is 1.07. The molecule has 0 radical (unpaired) electrons. The second-order valence-electron chi connectivity index (χ2n) is 12.8. The Bertz CT molecular complexity index is 1320. The molecule has 2 aromatic carbocycles. The van der Waals surface area contributed by atoms with Crippen molar-refractivity contribution < 1.29 is 9.31 Å². The Morgan fingerprint density at radius 1 is 0.917 bits per heavy atom. The number of hydrogen-bond donors (Lipinski definition) is 2. The summed E-state index contributed by atoms with van der Waals surface area (Å²) in [6.07, 6.45) is 10.1. The van der Waals surface area contributed by atoms with E-state index in [0.717, 1.165) is 36.2 Å². The summed E-state index contributed by atoms with van der Waals surface area (Å²) in [5.41, 5.74) is 8.83. The molecule has 3 aromatic rings. The molecular formula is C30H38BN3O2. The Morgan fingerprint density at radius 3 is 2.39 bits per heavy atom. The highest BCUT2D eigenvalue weighted by atomic mass is 16.7. The van der Waals surface area contributed by atoms with Gasteiger partial charge in [0, 0.05) is 0 Å². The zero-order chi connectivity index (χ0) is 24.7. The summed E-state index contributed by atoms with van der Waals surface area (Å²) in [4.78, 5) is 8.53. The standard InChI is InChI=1S/C30H38BN3O2/c1-28(2)29(3,4)36-31(35-28)23-11-10-20(21-17-30(18-22(21)23)13-5-6-14-30)19-9-12-24-26(16-19)34-27(33-24)25-8-7-15-32-25/h9-12,16,25,32H,5-8,13-15,17-18H2,1-4H3,(H,33,34). The average Bonchev–Trinajstić information content (AvgIpc) is 3.64. The van der Waals surface area contributed by atoms with Gasteiger partial charge < -0.3 is 19.6 Å². The van der Waals surface area contributed by atoms with Crippen LogP contribution in [0.25, 0.3) is 22.2 Å². The Hall–Kier alpha value is -2.15. The number of rotatable bonds is 3. The van der Waals surface area contributed by atoms with Gasteiger partial charge in [-0.15, -0.1) is 0 Å². The van der Waals surface area contributed by atoms with Crippen molar-refractivity contribution in [1.82, 2.24) is 15.3 Å². The van der Waals surface area contributed by atoms with Gasteiger partial charge in [-0.3, -0.25) is 0 Å². The fourth-order valence-corrected chi connectivity index (χ4v) is 7.15. The van der Waals surface area contributed by atoms with Gasteiger partial charge in [0.05, 0.1) is 28.3 Å². The minimum atomic E-state index is -0.329. The van der Waals surface area contributed by atoms with Crippen LogP contribution in [-0.2, 0) is 22.2 Å². The van der Waals surface area contributed by atoms with Gasteiger partial charge in [0.1, 0.15) is 5.82 Å². The molecule has 0 bridgehead atoms. The zero-order valence-electron chi connectivity index (χ0n) is 22.2. The molecule has 36 heavy (non-hydrogen) atoms. The Kier molecular flexibility index (Phi) is 5.07. The van der Waals surface area contributed by atoms with Gasteiger partial charge in [0.15, 0.2) is 0 Å². The van der Waals surface area contributed by atoms with Crippen molar-refractivity contribution in [2.24, 2.45) is 5.41 Å². The third kappa shape index (κ3) is 3.52. The van der Waals surface area contributed by atoms with Crippen molar-refractivity contribution >= 4 is 23.6 Å². The minimum absolute atomic E-state index is 0.300. The molecule has 2 saturated heterocycles. The van der Waals surface area contributed by atoms with Gasteiger partial charge in [0.25, 0.3) is 0 Å². The molecule has 1 atom stereocenters. The summed E-state index contributed by atoms with van der Waals surface area (Å²) in [7, 11) is -0.300. The number of nitrogens with one attached hydrogen (secondary N) is 2. The molecule has 1 unspecified atom stereocenters. The highest BCUT2D eigenvalue weighted by Gasteiger charge is 2.53. The normalized spacial score (nSPS) is 25.9. The van der Waals surface area contributed by atoms with Crippen molar-refractivity contribution in [2.75, 3.05) is 6.54 Å². The molecule has 1 aromatic heterocycles. The molecule has 7 rings (SSSR count). The van der Waals surface area contributed by atoms with Crippen molar-refractivity contribution in [3.8, 4) is 11.1 Å². The predicted molar refractivity (Wildman–Crippen MR) is 146 cm³/mol. The van der Waals surface area contributed by atoms with E-state index in [1.165, 1.54) is 66.2 Å². The molecule has 2 N–H and O–H groups in total. The maximum Gasteiger partial charge on any atom is 0.495 e. The van der Waals surface area contributed by atoms with E-state index in [4.69, 9.17) is 14.3 Å². The van der Waals surface area contributed by atoms with Crippen LogP contribution in [0, 0.1) is 5.41 Å². The monoisotopic (exact) mass is 483 g/mol. The van der Waals surface area contributed by atoms with Crippen molar-refractivity contribution in [3.63, 3.8) is 0 Å². The molecule has 2 aliphatic heterocycles. The lowest BCUT2D eigenvalue weighted by molar-refractivity contribution is 0.00578. The first-order chi connectivity index (χ1) is 17.2. The quantitative estimate of drug-likeness (QED) is 0.476. The first-order valence-corrected chi connectivity index (χ1v) is 14.0. The van der Waals surface area contributed by atoms with E-state index in [1.807, 2.05) is 0 Å². The molecule has 3 heterocycles. The lowest BCUT2D eigenvalue weighted by atomic mass is 9.73. The molecule has 1 saturated carbocycles. The topological polar surface area (TPSA) is 59.2 Å². The molecule has 1 spiro atoms. The van der Waals surface area contributed by atoms with Gasteiger partial charge in [-0.05, 0) is 118 Å². The third-order valence-electron chi connectivity index (χ3n) is 9.94. The van der Waals surface area contributed by atoms with Crippen LogP contribution in [-0.4, -0.2) is 34.8 Å². The van der Waals surface area contributed by atoms with Crippen molar-refractivity contribution in [3.05, 3.63) is 47.3 Å². The first-order valence-electron chi connectivity index (χ1n) is 14.0. The summed E-state index contributed by atoms with van der Waals surface area (Å²) in [6, 6.07) is 11.7. The van der Waals surface area contributed by atoms with Gasteiger partial charge in [-0.25, -0.2) is 4.98 Å². The van der Waals surface area contributed by atoms with E-state index >= 15 is 0 Å². The predicted octanol–water partition coefficient (Wildman–Crippen LogP) is 5.61. The summed E-state index contributed by atoms with van der Waals surface area (Å²) < 4.78 is 13.1. The maximum atomic E-state index is 6.54. The van der Waals surface area contributed by atoms with Crippen LogP contribution < -0.4 is 10.8 Å². The van der Waals surface area contributed by atoms with Gasteiger partial charge in [0.2, 0.25) is 0 Å². The Labute approximate surface area is 214 Å². The first kappa shape index (κ1) is 23.0. The van der Waals surface area contributed by atoms with Crippen molar-refractivity contribution in [2.45, 2.75) is 96.3 Å². The molecule has 0 amide bonds. The summed E-state index contributed by atoms with van der Waals surface area (Å²) in [5, 5.41) is 3.57. The lowest BCUT2D eigenvalue weighted by Crippen LogP contribution is -2.41. The number of aromatic nitrogens is 2. The van der Waals surface area contributed by atoms with Crippen LogP contribution >= 0.6 is 0 Å². The van der Waals surface area contributed by atoms with Gasteiger partial charge >= 0.3 is 7.12 Å². The fourth-order valence-electron chi connectivity index (χ4n) is 7.15. The number of aromatic amines is 1. The third-order valence-corrected chi connectivity index (χ3v) is 9.94. The molecular weight excluding hydrogens is 445 g/mol. The van der Waals surface area contributed by atoms with E-state index in [1.54, 1.807) is 0 Å². The number of hydrogen-bond acceptors (Lipinski definition) is 4. The highest BCUT2D eigenvalue weighted by Crippen LogP contribution is 2.51. The summed E-state index contributed by atoms with van der Waals surface area (Å²) >= 11 is 0. The average molecular weight is 483 g/mol. The summed E-state index contributed by atoms with van der Waals surface area (Å²) in [6.45, 7) is 9.67. The van der Waals surface area contributed by atoms with E-state index in [0.29, 0.717) is 11.5 Å². The zero-order valence-corrected chi connectivity index (χ0v) is 22.2. The molecule has 3 fully saturated rings. The number of H-pyrrole nitrogens is 1. The smallest absolute Gasteiger partial charge is 0.399 e. The minimum Gasteiger partial charge on any atom is -0.399 e. The van der Waals surface area contributed by atoms with Gasteiger partial charge in [-0.2, -0.15) is 0 Å². The largest absolute Gasteiger partial charge is 0.495 e. The number of fused-ring (bicyclic) bond motifs is 2. The van der Waals surface area contributed by atoms with Gasteiger partial charge in [-0.1, -0.05) is 31.0 Å². The Morgan fingerprint density at radius 2 is 1.67 bits per heavy atom. The van der Waals surface area contributed by atoms with Crippen LogP contribution in [0.1, 0.15) is 89.2 Å². The van der Waals surface area contributed by atoms with E-state index < -0.39 is 0 Å². The maximum absolute atomic E-state index is 6.54. The lowest BCUT2D eigenvalue weighted by Gasteiger charge is -2.32. The van der Waals surface area contributed by atoms with Crippen LogP contribution in [0.4, 0.5) is 0 Å². The van der Waals surface area contributed by atoms with Crippen LogP contribution in [0.5, 0.6) is 0 Å². The van der Waals surface area contributed by atoms with E-state index in [9.17, 15) is 0 Å². The SMILES string of the molecule is CC1(C)OB(c2ccc(-c3ccc4nc(C5CCCN5)[nH]c4c3)c3c2CC2(CCCC2)C3)OC1(C)C. The Balaban J connectivity index is 1.30.